The van der Waals surface area contributed by atoms with Crippen molar-refractivity contribution >= 4 is 16.4 Å². The van der Waals surface area contributed by atoms with Crippen molar-refractivity contribution in [3.8, 4) is 0 Å². The number of hydrogen-bond acceptors (Lipinski definition) is 11. The van der Waals surface area contributed by atoms with Gasteiger partial charge in [-0.2, -0.15) is 8.42 Å². The first kappa shape index (κ1) is 47.6. The standard InChI is InChI=1S/C38H70O12S/c1-3-5-7-9-11-13-14-15-16-17-18-19-21-23-25-27-34(40)48-32(30-46-28-26-24-22-20-12-10-8-6-4-2)31-47-38-36(42)37(50-51(43,44)45)35(41)33(29-39)49-38/h11,13,15-16,32-33,35-39,41-42H,3-10,12,14,17-31H2,1-2H3,(H,43,44,45)/b13-11-,16-15-. The summed E-state index contributed by atoms with van der Waals surface area (Å²) in [6, 6.07) is 0. The van der Waals surface area contributed by atoms with Gasteiger partial charge in [-0.05, 0) is 44.9 Å². The molecule has 6 atom stereocenters. The average Bonchev–Trinajstić information content (AvgIpc) is 3.09. The van der Waals surface area contributed by atoms with Crippen LogP contribution in [-0.4, -0.2) is 97.5 Å². The van der Waals surface area contributed by atoms with Crippen LogP contribution in [0.1, 0.15) is 149 Å². The van der Waals surface area contributed by atoms with Crippen molar-refractivity contribution in [1.82, 2.24) is 0 Å². The van der Waals surface area contributed by atoms with Gasteiger partial charge in [0.05, 0.1) is 19.8 Å². The van der Waals surface area contributed by atoms with Gasteiger partial charge in [-0.3, -0.25) is 9.35 Å². The zero-order valence-corrected chi connectivity index (χ0v) is 32.2. The number of rotatable bonds is 33. The summed E-state index contributed by atoms with van der Waals surface area (Å²) >= 11 is 0. The molecule has 0 bridgehead atoms. The lowest BCUT2D eigenvalue weighted by molar-refractivity contribution is -0.301. The van der Waals surface area contributed by atoms with Gasteiger partial charge in [-0.1, -0.05) is 122 Å². The topological polar surface area (TPSA) is 178 Å². The first-order valence-corrected chi connectivity index (χ1v) is 21.0. The molecular formula is C38H70O12S. The van der Waals surface area contributed by atoms with Crippen LogP contribution in [0.3, 0.4) is 0 Å². The zero-order valence-electron chi connectivity index (χ0n) is 31.4. The van der Waals surface area contributed by atoms with Gasteiger partial charge in [-0.15, -0.1) is 0 Å². The fourth-order valence-electron chi connectivity index (χ4n) is 5.82. The molecule has 1 heterocycles. The second kappa shape index (κ2) is 31.0. The molecule has 0 aliphatic carbocycles. The lowest BCUT2D eigenvalue weighted by atomic mass is 9.99. The average molecular weight is 751 g/mol. The molecule has 0 aromatic heterocycles. The summed E-state index contributed by atoms with van der Waals surface area (Å²) in [5, 5.41) is 30.5. The van der Waals surface area contributed by atoms with Crippen molar-refractivity contribution in [3.63, 3.8) is 0 Å². The Hall–Kier alpha value is -1.42. The van der Waals surface area contributed by atoms with E-state index in [1.54, 1.807) is 0 Å². The highest BCUT2D eigenvalue weighted by molar-refractivity contribution is 7.80. The Kier molecular flexibility index (Phi) is 28.9. The molecule has 0 aromatic carbocycles. The molecule has 6 unspecified atom stereocenters. The van der Waals surface area contributed by atoms with Gasteiger partial charge in [0.15, 0.2) is 6.29 Å². The molecule has 12 nitrogen and oxygen atoms in total. The minimum atomic E-state index is -5.05. The molecule has 51 heavy (non-hydrogen) atoms. The smallest absolute Gasteiger partial charge is 0.397 e. The van der Waals surface area contributed by atoms with Crippen LogP contribution in [0.25, 0.3) is 0 Å². The van der Waals surface area contributed by atoms with E-state index >= 15 is 0 Å². The van der Waals surface area contributed by atoms with E-state index in [-0.39, 0.29) is 19.6 Å². The van der Waals surface area contributed by atoms with Crippen LogP contribution in [0.2, 0.25) is 0 Å². The maximum atomic E-state index is 12.7. The summed E-state index contributed by atoms with van der Waals surface area (Å²) in [5.41, 5.74) is 0. The van der Waals surface area contributed by atoms with E-state index in [0.717, 1.165) is 64.2 Å². The molecule has 4 N–H and O–H groups in total. The van der Waals surface area contributed by atoms with Crippen molar-refractivity contribution in [2.24, 2.45) is 0 Å². The third-order valence-electron chi connectivity index (χ3n) is 8.83. The first-order chi connectivity index (χ1) is 24.6. The van der Waals surface area contributed by atoms with Crippen LogP contribution in [0.4, 0.5) is 0 Å². The predicted molar refractivity (Wildman–Crippen MR) is 197 cm³/mol. The molecule has 0 amide bonds. The lowest BCUT2D eigenvalue weighted by Gasteiger charge is -2.41. The minimum absolute atomic E-state index is 0.0325. The van der Waals surface area contributed by atoms with E-state index in [9.17, 15) is 28.5 Å². The third kappa shape index (κ3) is 25.3. The Balaban J connectivity index is 2.50. The van der Waals surface area contributed by atoms with E-state index in [0.29, 0.717) is 13.0 Å². The first-order valence-electron chi connectivity index (χ1n) is 19.6. The fraction of sp³-hybridized carbons (Fsp3) is 0.868. The summed E-state index contributed by atoms with van der Waals surface area (Å²) in [5.74, 6) is -0.415. The van der Waals surface area contributed by atoms with Crippen molar-refractivity contribution in [3.05, 3.63) is 24.3 Å². The minimum Gasteiger partial charge on any atom is -0.457 e. The number of carbonyl (C=O) groups is 1. The molecule has 1 aliphatic rings. The monoisotopic (exact) mass is 750 g/mol. The van der Waals surface area contributed by atoms with E-state index in [1.807, 2.05) is 0 Å². The molecule has 1 aliphatic heterocycles. The highest BCUT2D eigenvalue weighted by Crippen LogP contribution is 2.26. The second-order valence-corrected chi connectivity index (χ2v) is 14.6. The molecule has 0 radical (unpaired) electrons. The van der Waals surface area contributed by atoms with Crippen LogP contribution in [0.5, 0.6) is 0 Å². The van der Waals surface area contributed by atoms with E-state index in [4.69, 9.17) is 23.5 Å². The number of allylic oxidation sites excluding steroid dienone is 4. The van der Waals surface area contributed by atoms with Crippen molar-refractivity contribution in [2.75, 3.05) is 26.4 Å². The Morgan fingerprint density at radius 3 is 1.90 bits per heavy atom. The maximum Gasteiger partial charge on any atom is 0.397 e. The molecule has 0 spiro atoms. The SMILES string of the molecule is CCCCC/C=C\C/C=C\CCCCCCCC(=O)OC(COCCCCCCCCCCC)COC1OC(CO)C(O)C(OS(=O)(=O)O)C1O. The van der Waals surface area contributed by atoms with Gasteiger partial charge in [0, 0.05) is 13.0 Å². The van der Waals surface area contributed by atoms with E-state index in [2.05, 4.69) is 42.3 Å². The van der Waals surface area contributed by atoms with E-state index in [1.165, 1.54) is 57.8 Å². The quantitative estimate of drug-likeness (QED) is 0.0236. The summed E-state index contributed by atoms with van der Waals surface area (Å²) in [6.07, 6.45) is 22.2. The van der Waals surface area contributed by atoms with Gasteiger partial charge in [0.2, 0.25) is 0 Å². The summed E-state index contributed by atoms with van der Waals surface area (Å²) in [4.78, 5) is 12.7. The molecule has 0 saturated carbocycles. The highest BCUT2D eigenvalue weighted by atomic mass is 32.3. The van der Waals surface area contributed by atoms with Crippen LogP contribution >= 0.6 is 0 Å². The lowest BCUT2D eigenvalue weighted by Crippen LogP contribution is -2.60. The van der Waals surface area contributed by atoms with Gasteiger partial charge >= 0.3 is 16.4 Å². The molecule has 13 heteroatoms. The van der Waals surface area contributed by atoms with Crippen LogP contribution in [0.15, 0.2) is 24.3 Å². The summed E-state index contributed by atoms with van der Waals surface area (Å²) in [6.45, 7) is 3.91. The summed E-state index contributed by atoms with van der Waals surface area (Å²) in [7, 11) is -5.05. The largest absolute Gasteiger partial charge is 0.457 e. The van der Waals surface area contributed by atoms with Gasteiger partial charge < -0.3 is 34.3 Å². The predicted octanol–water partition coefficient (Wildman–Crippen LogP) is 6.90. The number of aliphatic hydroxyl groups excluding tert-OH is 3. The number of ether oxygens (including phenoxy) is 4. The molecule has 300 valence electrons. The molecule has 0 aromatic rings. The number of carbonyl (C=O) groups excluding carboxylic acids is 1. The van der Waals surface area contributed by atoms with Crippen molar-refractivity contribution in [1.29, 1.82) is 0 Å². The Labute approximate surface area is 308 Å². The maximum absolute atomic E-state index is 12.7. The molecular weight excluding hydrogens is 680 g/mol. The van der Waals surface area contributed by atoms with Gasteiger partial charge in [0.1, 0.15) is 30.5 Å². The Bertz CT molecular complexity index is 1000. The molecule has 1 fully saturated rings. The second-order valence-electron chi connectivity index (χ2n) is 13.5. The number of aliphatic hydroxyl groups is 3. The Morgan fingerprint density at radius 1 is 0.745 bits per heavy atom. The van der Waals surface area contributed by atoms with E-state index < -0.39 is 59.8 Å². The van der Waals surface area contributed by atoms with Crippen LogP contribution in [0, 0.1) is 0 Å². The zero-order chi connectivity index (χ0) is 37.6. The van der Waals surface area contributed by atoms with Crippen LogP contribution in [-0.2, 0) is 38.3 Å². The van der Waals surface area contributed by atoms with Gasteiger partial charge in [0.25, 0.3) is 0 Å². The normalized spacial score (nSPS) is 21.9. The number of hydrogen-bond donors (Lipinski definition) is 4. The van der Waals surface area contributed by atoms with Crippen molar-refractivity contribution in [2.45, 2.75) is 185 Å². The highest BCUT2D eigenvalue weighted by Gasteiger charge is 2.48. The molecule has 1 rings (SSSR count). The third-order valence-corrected chi connectivity index (χ3v) is 9.29. The van der Waals surface area contributed by atoms with Crippen LogP contribution < -0.4 is 0 Å². The van der Waals surface area contributed by atoms with Crippen molar-refractivity contribution < 1.29 is 56.2 Å². The van der Waals surface area contributed by atoms with Gasteiger partial charge in [-0.25, -0.2) is 4.18 Å². The summed E-state index contributed by atoms with van der Waals surface area (Å²) < 4.78 is 58.7. The molecule has 1 saturated heterocycles. The number of esters is 1. The Morgan fingerprint density at radius 2 is 1.29 bits per heavy atom. The number of unbranched alkanes of at least 4 members (excludes halogenated alkanes) is 16. The fourth-order valence-corrected chi connectivity index (χ4v) is 6.33.